The maximum atomic E-state index is 5.73. The van der Waals surface area contributed by atoms with Crippen molar-refractivity contribution in [2.75, 3.05) is 17.7 Å². The van der Waals surface area contributed by atoms with Crippen molar-refractivity contribution in [3.63, 3.8) is 0 Å². The van der Waals surface area contributed by atoms with Crippen molar-refractivity contribution in [3.8, 4) is 0 Å². The van der Waals surface area contributed by atoms with Crippen LogP contribution >= 0.6 is 0 Å². The summed E-state index contributed by atoms with van der Waals surface area (Å²) < 4.78 is 0. The summed E-state index contributed by atoms with van der Waals surface area (Å²) in [6.45, 7) is 2.98. The van der Waals surface area contributed by atoms with Crippen LogP contribution in [-0.2, 0) is 6.54 Å². The van der Waals surface area contributed by atoms with Crippen LogP contribution in [0.2, 0.25) is 0 Å². The van der Waals surface area contributed by atoms with Crippen LogP contribution in [0.1, 0.15) is 11.3 Å². The van der Waals surface area contributed by atoms with Crippen molar-refractivity contribution in [2.45, 2.75) is 13.5 Å². The highest BCUT2D eigenvalue weighted by atomic mass is 15.1. The summed E-state index contributed by atoms with van der Waals surface area (Å²) in [7, 11) is 2.12. The number of nitrogens with two attached hydrogens (primary N) is 1. The standard InChI is InChI=1S/C17H19N3/c1-12-17(15-5-3-4-6-16(15)19-12)20(2)11-13-7-9-14(18)10-8-13/h3-10,19H,11,18H2,1-2H3. The molecule has 3 nitrogen and oxygen atoms in total. The van der Waals surface area contributed by atoms with Crippen LogP contribution in [0.5, 0.6) is 0 Å². The highest BCUT2D eigenvalue weighted by molar-refractivity contribution is 5.94. The predicted octanol–water partition coefficient (Wildman–Crippen LogP) is 3.69. The van der Waals surface area contributed by atoms with E-state index >= 15 is 0 Å². The molecule has 20 heavy (non-hydrogen) atoms. The van der Waals surface area contributed by atoms with Gasteiger partial charge in [0, 0.05) is 35.9 Å². The first-order chi connectivity index (χ1) is 9.65. The molecule has 0 bridgehead atoms. The van der Waals surface area contributed by atoms with Gasteiger partial charge in [0.25, 0.3) is 0 Å². The lowest BCUT2D eigenvalue weighted by atomic mass is 10.1. The van der Waals surface area contributed by atoms with Gasteiger partial charge in [0.15, 0.2) is 0 Å². The van der Waals surface area contributed by atoms with Crippen molar-refractivity contribution in [2.24, 2.45) is 0 Å². The highest BCUT2D eigenvalue weighted by Gasteiger charge is 2.12. The molecule has 0 fully saturated rings. The maximum Gasteiger partial charge on any atom is 0.0654 e. The Morgan fingerprint density at radius 1 is 1.05 bits per heavy atom. The first-order valence-electron chi connectivity index (χ1n) is 6.78. The minimum absolute atomic E-state index is 0.805. The van der Waals surface area contributed by atoms with Gasteiger partial charge in [-0.05, 0) is 30.7 Å². The number of hydrogen-bond donors (Lipinski definition) is 2. The average molecular weight is 265 g/mol. The van der Waals surface area contributed by atoms with E-state index in [1.165, 1.54) is 27.8 Å². The Bertz CT molecular complexity index is 726. The highest BCUT2D eigenvalue weighted by Crippen LogP contribution is 2.30. The van der Waals surface area contributed by atoms with Crippen molar-refractivity contribution in [1.29, 1.82) is 0 Å². The Hall–Kier alpha value is -2.42. The van der Waals surface area contributed by atoms with E-state index in [4.69, 9.17) is 5.73 Å². The molecule has 0 unspecified atom stereocenters. The van der Waals surface area contributed by atoms with Gasteiger partial charge in [-0.2, -0.15) is 0 Å². The number of rotatable bonds is 3. The fourth-order valence-corrected chi connectivity index (χ4v) is 2.73. The number of aromatic nitrogens is 1. The second kappa shape index (κ2) is 4.93. The van der Waals surface area contributed by atoms with Gasteiger partial charge in [-0.15, -0.1) is 0 Å². The van der Waals surface area contributed by atoms with Crippen molar-refractivity contribution >= 4 is 22.3 Å². The van der Waals surface area contributed by atoms with Crippen LogP contribution in [0, 0.1) is 6.92 Å². The van der Waals surface area contributed by atoms with Gasteiger partial charge in [0.1, 0.15) is 0 Å². The summed E-state index contributed by atoms with van der Waals surface area (Å²) in [4.78, 5) is 5.72. The minimum atomic E-state index is 0.805. The minimum Gasteiger partial charge on any atom is -0.399 e. The average Bonchev–Trinajstić information content (AvgIpc) is 2.77. The largest absolute Gasteiger partial charge is 0.399 e. The number of nitrogen functional groups attached to an aromatic ring is 1. The fraction of sp³-hybridized carbons (Fsp3) is 0.176. The Kier molecular flexibility index (Phi) is 3.11. The molecule has 3 rings (SSSR count). The summed E-state index contributed by atoms with van der Waals surface area (Å²) >= 11 is 0. The van der Waals surface area contributed by atoms with Crippen LogP contribution in [-0.4, -0.2) is 12.0 Å². The van der Waals surface area contributed by atoms with E-state index in [0.717, 1.165) is 12.2 Å². The number of benzene rings is 2. The molecule has 0 aliphatic carbocycles. The molecule has 1 heterocycles. The van der Waals surface area contributed by atoms with E-state index in [1.54, 1.807) is 0 Å². The van der Waals surface area contributed by atoms with Crippen LogP contribution in [0.25, 0.3) is 10.9 Å². The van der Waals surface area contributed by atoms with Crippen LogP contribution in [0.15, 0.2) is 48.5 Å². The summed E-state index contributed by atoms with van der Waals surface area (Å²) in [5, 5.41) is 1.27. The summed E-state index contributed by atoms with van der Waals surface area (Å²) in [6.07, 6.45) is 0. The molecule has 3 aromatic rings. The molecule has 0 saturated heterocycles. The molecule has 3 heteroatoms. The molecule has 0 aliphatic rings. The monoisotopic (exact) mass is 265 g/mol. The van der Waals surface area contributed by atoms with Gasteiger partial charge >= 0.3 is 0 Å². The third-order valence-electron chi connectivity index (χ3n) is 3.64. The van der Waals surface area contributed by atoms with E-state index in [1.807, 2.05) is 12.1 Å². The van der Waals surface area contributed by atoms with E-state index in [-0.39, 0.29) is 0 Å². The third kappa shape index (κ3) is 2.23. The first kappa shape index (κ1) is 12.6. The molecule has 0 radical (unpaired) electrons. The molecule has 102 valence electrons. The van der Waals surface area contributed by atoms with E-state index in [9.17, 15) is 0 Å². The van der Waals surface area contributed by atoms with Crippen molar-refractivity contribution < 1.29 is 0 Å². The Morgan fingerprint density at radius 2 is 1.75 bits per heavy atom. The van der Waals surface area contributed by atoms with Gasteiger partial charge in [0.05, 0.1) is 5.69 Å². The van der Waals surface area contributed by atoms with E-state index in [2.05, 4.69) is 60.3 Å². The fourth-order valence-electron chi connectivity index (χ4n) is 2.73. The molecule has 2 aromatic carbocycles. The van der Waals surface area contributed by atoms with Crippen LogP contribution in [0.3, 0.4) is 0 Å². The molecular formula is C17H19N3. The number of para-hydroxylation sites is 1. The number of H-pyrrole nitrogens is 1. The molecule has 0 atom stereocenters. The van der Waals surface area contributed by atoms with E-state index < -0.39 is 0 Å². The predicted molar refractivity (Wildman–Crippen MR) is 86.0 cm³/mol. The van der Waals surface area contributed by atoms with E-state index in [0.29, 0.717) is 0 Å². The zero-order valence-corrected chi connectivity index (χ0v) is 11.9. The number of fused-ring (bicyclic) bond motifs is 1. The number of nitrogens with one attached hydrogen (secondary N) is 1. The Labute approximate surface area is 119 Å². The normalized spacial score (nSPS) is 10.9. The van der Waals surface area contributed by atoms with Crippen LogP contribution < -0.4 is 10.6 Å². The molecule has 0 amide bonds. The lowest BCUT2D eigenvalue weighted by molar-refractivity contribution is 0.921. The van der Waals surface area contributed by atoms with Crippen LogP contribution in [0.4, 0.5) is 11.4 Å². The first-order valence-corrected chi connectivity index (χ1v) is 6.78. The lowest BCUT2D eigenvalue weighted by Crippen LogP contribution is -2.16. The summed E-state index contributed by atoms with van der Waals surface area (Å²) in [6, 6.07) is 16.5. The van der Waals surface area contributed by atoms with Crippen molar-refractivity contribution in [3.05, 3.63) is 59.8 Å². The molecule has 0 spiro atoms. The van der Waals surface area contributed by atoms with Gasteiger partial charge < -0.3 is 15.6 Å². The SMILES string of the molecule is Cc1[nH]c2ccccc2c1N(C)Cc1ccc(N)cc1. The summed E-state index contributed by atoms with van der Waals surface area (Å²) in [5.74, 6) is 0. The lowest BCUT2D eigenvalue weighted by Gasteiger charge is -2.20. The second-order valence-electron chi connectivity index (χ2n) is 5.24. The maximum absolute atomic E-state index is 5.73. The number of aromatic amines is 1. The van der Waals surface area contributed by atoms with Gasteiger partial charge in [-0.3, -0.25) is 0 Å². The smallest absolute Gasteiger partial charge is 0.0654 e. The quantitative estimate of drug-likeness (QED) is 0.709. The molecule has 3 N–H and O–H groups in total. The Morgan fingerprint density at radius 3 is 2.50 bits per heavy atom. The number of anilines is 2. The number of aryl methyl sites for hydroxylation is 1. The third-order valence-corrected chi connectivity index (χ3v) is 3.64. The Balaban J connectivity index is 1.94. The molecule has 0 saturated carbocycles. The summed E-state index contributed by atoms with van der Waals surface area (Å²) in [5.41, 5.74) is 11.4. The van der Waals surface area contributed by atoms with Gasteiger partial charge in [0.2, 0.25) is 0 Å². The van der Waals surface area contributed by atoms with Crippen molar-refractivity contribution in [1.82, 2.24) is 4.98 Å². The molecule has 0 aliphatic heterocycles. The second-order valence-corrected chi connectivity index (χ2v) is 5.24. The zero-order valence-electron chi connectivity index (χ0n) is 11.9. The topological polar surface area (TPSA) is 45.0 Å². The zero-order chi connectivity index (χ0) is 14.1. The number of hydrogen-bond acceptors (Lipinski definition) is 2. The molecule has 1 aromatic heterocycles. The van der Waals surface area contributed by atoms with Gasteiger partial charge in [-0.1, -0.05) is 30.3 Å². The number of nitrogens with zero attached hydrogens (tertiary/aromatic N) is 1. The molecular weight excluding hydrogens is 246 g/mol. The van der Waals surface area contributed by atoms with Gasteiger partial charge in [-0.25, -0.2) is 0 Å².